The van der Waals surface area contributed by atoms with Crippen LogP contribution in [-0.4, -0.2) is 11.1 Å². The molecule has 0 radical (unpaired) electrons. The smallest absolute Gasteiger partial charge is 0.314 e. The molecular formula is C15H18O2. The standard InChI is InChI=1S/C15H18O2/c1-11(2)7-9-15(14(16)17)10-8-12-5-3-4-6-13(12)15/h3-7H,8-10H2,1-2H3,(H,16,17). The van der Waals surface area contributed by atoms with Crippen LogP contribution in [-0.2, 0) is 16.6 Å². The minimum Gasteiger partial charge on any atom is -0.481 e. The predicted octanol–water partition coefficient (Wildman–Crippen LogP) is 3.31. The van der Waals surface area contributed by atoms with Gasteiger partial charge in [-0.2, -0.15) is 0 Å². The third-order valence-electron chi connectivity index (χ3n) is 3.62. The summed E-state index contributed by atoms with van der Waals surface area (Å²) >= 11 is 0. The molecule has 0 saturated heterocycles. The molecule has 0 bridgehead atoms. The molecule has 1 aromatic rings. The Morgan fingerprint density at radius 3 is 2.76 bits per heavy atom. The molecule has 2 heteroatoms. The van der Waals surface area contributed by atoms with Crippen molar-refractivity contribution in [3.05, 3.63) is 47.0 Å². The lowest BCUT2D eigenvalue weighted by Gasteiger charge is -2.24. The fourth-order valence-electron chi connectivity index (χ4n) is 2.59. The van der Waals surface area contributed by atoms with Gasteiger partial charge in [-0.15, -0.1) is 0 Å². The molecule has 0 fully saturated rings. The van der Waals surface area contributed by atoms with Crippen LogP contribution in [0.1, 0.15) is 37.8 Å². The average Bonchev–Trinajstić information content (AvgIpc) is 2.67. The Labute approximate surface area is 102 Å². The first-order chi connectivity index (χ1) is 8.06. The van der Waals surface area contributed by atoms with Crippen LogP contribution in [0.5, 0.6) is 0 Å². The number of benzene rings is 1. The first-order valence-electron chi connectivity index (χ1n) is 6.01. The van der Waals surface area contributed by atoms with Gasteiger partial charge >= 0.3 is 5.97 Å². The molecule has 2 nitrogen and oxygen atoms in total. The van der Waals surface area contributed by atoms with E-state index in [4.69, 9.17) is 0 Å². The molecule has 17 heavy (non-hydrogen) atoms. The monoisotopic (exact) mass is 230 g/mol. The SMILES string of the molecule is CC(C)=CCC1(C(=O)O)CCc2ccccc21. The molecule has 1 aliphatic carbocycles. The number of aliphatic carboxylic acids is 1. The summed E-state index contributed by atoms with van der Waals surface area (Å²) in [6.45, 7) is 4.02. The number of fused-ring (bicyclic) bond motifs is 1. The molecule has 0 spiro atoms. The van der Waals surface area contributed by atoms with Gasteiger partial charge in [0.15, 0.2) is 0 Å². The van der Waals surface area contributed by atoms with Crippen molar-refractivity contribution in [3.63, 3.8) is 0 Å². The molecule has 2 rings (SSSR count). The first-order valence-corrected chi connectivity index (χ1v) is 6.01. The lowest BCUT2D eigenvalue weighted by Crippen LogP contribution is -2.32. The van der Waals surface area contributed by atoms with Crippen LogP contribution in [0.3, 0.4) is 0 Å². The van der Waals surface area contributed by atoms with Gasteiger partial charge < -0.3 is 5.11 Å². The highest BCUT2D eigenvalue weighted by Gasteiger charge is 2.44. The van der Waals surface area contributed by atoms with Crippen LogP contribution >= 0.6 is 0 Å². The molecule has 1 aliphatic rings. The highest BCUT2D eigenvalue weighted by atomic mass is 16.4. The van der Waals surface area contributed by atoms with E-state index in [1.54, 1.807) is 0 Å². The maximum absolute atomic E-state index is 11.7. The summed E-state index contributed by atoms with van der Waals surface area (Å²) in [7, 11) is 0. The lowest BCUT2D eigenvalue weighted by molar-refractivity contribution is -0.143. The number of hydrogen-bond donors (Lipinski definition) is 1. The van der Waals surface area contributed by atoms with E-state index in [0.717, 1.165) is 12.0 Å². The second kappa shape index (κ2) is 4.36. The van der Waals surface area contributed by atoms with Crippen molar-refractivity contribution in [1.29, 1.82) is 0 Å². The van der Waals surface area contributed by atoms with E-state index in [9.17, 15) is 9.90 Å². The van der Waals surface area contributed by atoms with Gasteiger partial charge in [0.2, 0.25) is 0 Å². The van der Waals surface area contributed by atoms with Crippen molar-refractivity contribution in [1.82, 2.24) is 0 Å². The van der Waals surface area contributed by atoms with E-state index in [1.807, 2.05) is 44.2 Å². The van der Waals surface area contributed by atoms with Gasteiger partial charge in [0, 0.05) is 0 Å². The third-order valence-corrected chi connectivity index (χ3v) is 3.62. The number of rotatable bonds is 3. The number of aryl methyl sites for hydroxylation is 1. The van der Waals surface area contributed by atoms with Gasteiger partial charge in [-0.1, -0.05) is 35.9 Å². The Balaban J connectivity index is 2.45. The van der Waals surface area contributed by atoms with E-state index < -0.39 is 11.4 Å². The predicted molar refractivity (Wildman–Crippen MR) is 68.1 cm³/mol. The molecule has 0 amide bonds. The molecule has 1 atom stereocenters. The Morgan fingerprint density at radius 1 is 1.41 bits per heavy atom. The summed E-state index contributed by atoms with van der Waals surface area (Å²) in [5.41, 5.74) is 2.67. The fraction of sp³-hybridized carbons (Fsp3) is 0.400. The third kappa shape index (κ3) is 1.99. The molecule has 90 valence electrons. The van der Waals surface area contributed by atoms with Crippen molar-refractivity contribution >= 4 is 5.97 Å². The second-order valence-electron chi connectivity index (χ2n) is 5.03. The lowest BCUT2D eigenvalue weighted by atomic mass is 9.78. The highest BCUT2D eigenvalue weighted by molar-refractivity contribution is 5.83. The van der Waals surface area contributed by atoms with Gasteiger partial charge in [-0.05, 0) is 44.2 Å². The zero-order valence-corrected chi connectivity index (χ0v) is 10.4. The van der Waals surface area contributed by atoms with E-state index in [-0.39, 0.29) is 0 Å². The molecule has 1 aromatic carbocycles. The fourth-order valence-corrected chi connectivity index (χ4v) is 2.59. The minimum absolute atomic E-state index is 0.599. The van der Waals surface area contributed by atoms with Gasteiger partial charge in [0.25, 0.3) is 0 Å². The summed E-state index contributed by atoms with van der Waals surface area (Å²) in [6, 6.07) is 7.93. The zero-order chi connectivity index (χ0) is 12.5. The van der Waals surface area contributed by atoms with Crippen molar-refractivity contribution in [3.8, 4) is 0 Å². The van der Waals surface area contributed by atoms with Crippen LogP contribution in [0.2, 0.25) is 0 Å². The molecule has 0 aromatic heterocycles. The van der Waals surface area contributed by atoms with Crippen LogP contribution in [0, 0.1) is 0 Å². The topological polar surface area (TPSA) is 37.3 Å². The maximum atomic E-state index is 11.7. The van der Waals surface area contributed by atoms with Crippen molar-refractivity contribution in [2.45, 2.75) is 38.5 Å². The van der Waals surface area contributed by atoms with Gasteiger partial charge in [0.1, 0.15) is 0 Å². The van der Waals surface area contributed by atoms with Crippen LogP contribution in [0.25, 0.3) is 0 Å². The Morgan fingerprint density at radius 2 is 2.12 bits per heavy atom. The van der Waals surface area contributed by atoms with E-state index in [0.29, 0.717) is 12.8 Å². The van der Waals surface area contributed by atoms with Crippen LogP contribution < -0.4 is 0 Å². The zero-order valence-electron chi connectivity index (χ0n) is 10.4. The number of carboxylic acid groups (broad SMARTS) is 1. The number of carboxylic acids is 1. The summed E-state index contributed by atoms with van der Waals surface area (Å²) < 4.78 is 0. The van der Waals surface area contributed by atoms with E-state index in [2.05, 4.69) is 0 Å². The molecule has 1 unspecified atom stereocenters. The summed E-state index contributed by atoms with van der Waals surface area (Å²) in [5, 5.41) is 9.59. The molecule has 0 aliphatic heterocycles. The van der Waals surface area contributed by atoms with Crippen molar-refractivity contribution < 1.29 is 9.90 Å². The van der Waals surface area contributed by atoms with Crippen LogP contribution in [0.4, 0.5) is 0 Å². The number of carbonyl (C=O) groups is 1. The summed E-state index contributed by atoms with van der Waals surface area (Å²) in [6.07, 6.45) is 4.22. The second-order valence-corrected chi connectivity index (χ2v) is 5.03. The molecule has 0 heterocycles. The first kappa shape index (κ1) is 11.9. The van der Waals surface area contributed by atoms with Crippen molar-refractivity contribution in [2.24, 2.45) is 0 Å². The van der Waals surface area contributed by atoms with Gasteiger partial charge in [-0.3, -0.25) is 4.79 Å². The molecule has 1 N–H and O–H groups in total. The van der Waals surface area contributed by atoms with Gasteiger partial charge in [-0.25, -0.2) is 0 Å². The quantitative estimate of drug-likeness (QED) is 0.809. The maximum Gasteiger partial charge on any atom is 0.314 e. The van der Waals surface area contributed by atoms with Crippen LogP contribution in [0.15, 0.2) is 35.9 Å². The molecular weight excluding hydrogens is 212 g/mol. The summed E-state index contributed by atoms with van der Waals surface area (Å²) in [4.78, 5) is 11.7. The Bertz CT molecular complexity index is 470. The average molecular weight is 230 g/mol. The molecule has 0 saturated carbocycles. The summed E-state index contributed by atoms with van der Waals surface area (Å²) in [5.74, 6) is -0.694. The highest BCUT2D eigenvalue weighted by Crippen LogP contribution is 2.42. The largest absolute Gasteiger partial charge is 0.481 e. The Kier molecular flexibility index (Phi) is 3.05. The number of allylic oxidation sites excluding steroid dienone is 2. The van der Waals surface area contributed by atoms with Crippen molar-refractivity contribution in [2.75, 3.05) is 0 Å². The van der Waals surface area contributed by atoms with E-state index in [1.165, 1.54) is 11.1 Å². The normalized spacial score (nSPS) is 22.0. The number of hydrogen-bond acceptors (Lipinski definition) is 1. The minimum atomic E-state index is -0.701. The van der Waals surface area contributed by atoms with Gasteiger partial charge in [0.05, 0.1) is 5.41 Å². The Hall–Kier alpha value is -1.57. The van der Waals surface area contributed by atoms with E-state index >= 15 is 0 Å².